The van der Waals surface area contributed by atoms with Crippen LogP contribution in [0.15, 0.2) is 18.3 Å². The number of anilines is 1. The molecule has 1 aromatic heterocycles. The Morgan fingerprint density at radius 1 is 1.19 bits per heavy atom. The van der Waals surface area contributed by atoms with Crippen LogP contribution in [0.5, 0.6) is 0 Å². The summed E-state index contributed by atoms with van der Waals surface area (Å²) in [6.07, 6.45) is -2.66. The Hall–Kier alpha value is -1.99. The van der Waals surface area contributed by atoms with Crippen LogP contribution in [0.4, 0.5) is 23.8 Å². The van der Waals surface area contributed by atoms with Crippen LogP contribution in [0.25, 0.3) is 0 Å². The first-order valence-electron chi connectivity index (χ1n) is 8.78. The first kappa shape index (κ1) is 18.8. The summed E-state index contributed by atoms with van der Waals surface area (Å²) in [5.74, 6) is -0.521. The molecule has 3 rings (SSSR count). The lowest BCUT2D eigenvalue weighted by Crippen LogP contribution is -2.50. The fourth-order valence-electron chi connectivity index (χ4n) is 3.23. The van der Waals surface area contributed by atoms with Gasteiger partial charge in [0.1, 0.15) is 11.4 Å². The summed E-state index contributed by atoms with van der Waals surface area (Å²) in [6.45, 7) is 6.94. The molecule has 2 saturated heterocycles. The standard InChI is InChI=1S/C18H24F3N3O2/c1-17(2,3)26-16(25)24-9-13(10-24)12-4-5-15(22-8-12)23-7-6-14(11-23)18(19,20)21/h4-5,8,13-14H,6-7,9-11H2,1-3H3/t14-/m0/s1. The van der Waals surface area contributed by atoms with Crippen LogP contribution < -0.4 is 4.90 Å². The molecule has 1 amide bonds. The maximum Gasteiger partial charge on any atom is 0.410 e. The number of aromatic nitrogens is 1. The van der Waals surface area contributed by atoms with Gasteiger partial charge in [0.25, 0.3) is 0 Å². The Morgan fingerprint density at radius 3 is 2.38 bits per heavy atom. The number of pyridine rings is 1. The lowest BCUT2D eigenvalue weighted by Gasteiger charge is -2.40. The van der Waals surface area contributed by atoms with Crippen LogP contribution in [-0.4, -0.2) is 53.9 Å². The van der Waals surface area contributed by atoms with Crippen molar-refractivity contribution in [1.82, 2.24) is 9.88 Å². The van der Waals surface area contributed by atoms with E-state index in [9.17, 15) is 18.0 Å². The van der Waals surface area contributed by atoms with Gasteiger partial charge < -0.3 is 14.5 Å². The quantitative estimate of drug-likeness (QED) is 0.793. The van der Waals surface area contributed by atoms with E-state index in [-0.39, 0.29) is 25.0 Å². The van der Waals surface area contributed by atoms with Crippen LogP contribution in [0, 0.1) is 5.92 Å². The van der Waals surface area contributed by atoms with Crippen molar-refractivity contribution < 1.29 is 22.7 Å². The van der Waals surface area contributed by atoms with Gasteiger partial charge in [0.2, 0.25) is 0 Å². The monoisotopic (exact) mass is 371 g/mol. The SMILES string of the molecule is CC(C)(C)OC(=O)N1CC(c2ccc(N3CC[C@H](C(F)(F)F)C3)nc2)C1. The average Bonchev–Trinajstić information content (AvgIpc) is 2.94. The second kappa shape index (κ2) is 6.63. The summed E-state index contributed by atoms with van der Waals surface area (Å²) < 4.78 is 43.7. The van der Waals surface area contributed by atoms with Gasteiger partial charge in [0.15, 0.2) is 0 Å². The summed E-state index contributed by atoms with van der Waals surface area (Å²) in [6, 6.07) is 3.66. The zero-order valence-corrected chi connectivity index (χ0v) is 15.2. The van der Waals surface area contributed by atoms with Crippen molar-refractivity contribution >= 4 is 11.9 Å². The normalized spacial score (nSPS) is 21.7. The van der Waals surface area contributed by atoms with Crippen LogP contribution in [0.2, 0.25) is 0 Å². The fraction of sp³-hybridized carbons (Fsp3) is 0.667. The summed E-state index contributed by atoms with van der Waals surface area (Å²) in [5.41, 5.74) is 0.468. The molecule has 0 aliphatic carbocycles. The molecule has 2 aliphatic heterocycles. The number of carbonyl (C=O) groups is 1. The van der Waals surface area contributed by atoms with Crippen molar-refractivity contribution in [1.29, 1.82) is 0 Å². The van der Waals surface area contributed by atoms with Crippen molar-refractivity contribution in [3.63, 3.8) is 0 Å². The number of likely N-dealkylation sites (tertiary alicyclic amines) is 1. The molecule has 2 aliphatic rings. The Morgan fingerprint density at radius 2 is 1.88 bits per heavy atom. The predicted molar refractivity (Wildman–Crippen MR) is 91.2 cm³/mol. The minimum absolute atomic E-state index is 0.0360. The maximum atomic E-state index is 12.8. The first-order chi connectivity index (χ1) is 12.0. The highest BCUT2D eigenvalue weighted by molar-refractivity contribution is 5.69. The number of alkyl halides is 3. The highest BCUT2D eigenvalue weighted by Crippen LogP contribution is 2.35. The number of carbonyl (C=O) groups excluding carboxylic acids is 1. The van der Waals surface area contributed by atoms with Crippen LogP contribution in [0.1, 0.15) is 38.7 Å². The highest BCUT2D eigenvalue weighted by Gasteiger charge is 2.44. The summed E-state index contributed by atoms with van der Waals surface area (Å²) in [7, 11) is 0. The van der Waals surface area contributed by atoms with E-state index in [4.69, 9.17) is 4.74 Å². The Labute approximate surface area is 151 Å². The summed E-state index contributed by atoms with van der Waals surface area (Å²) >= 11 is 0. The van der Waals surface area contributed by atoms with Crippen molar-refractivity contribution in [2.24, 2.45) is 5.92 Å². The molecule has 26 heavy (non-hydrogen) atoms. The van der Waals surface area contributed by atoms with Gasteiger partial charge in [-0.25, -0.2) is 9.78 Å². The average molecular weight is 371 g/mol. The van der Waals surface area contributed by atoms with Crippen molar-refractivity contribution in [3.05, 3.63) is 23.9 Å². The minimum Gasteiger partial charge on any atom is -0.444 e. The van der Waals surface area contributed by atoms with E-state index in [0.29, 0.717) is 25.5 Å². The number of amides is 1. The molecule has 0 spiro atoms. The Balaban J connectivity index is 1.53. The molecule has 1 atom stereocenters. The zero-order valence-electron chi connectivity index (χ0n) is 15.2. The molecule has 0 bridgehead atoms. The number of nitrogens with zero attached hydrogens (tertiary/aromatic N) is 3. The number of halogens is 3. The molecule has 5 nitrogen and oxygen atoms in total. The molecule has 0 saturated carbocycles. The molecule has 144 valence electrons. The number of hydrogen-bond donors (Lipinski definition) is 0. The van der Waals surface area contributed by atoms with Gasteiger partial charge in [0, 0.05) is 38.3 Å². The van der Waals surface area contributed by atoms with Gasteiger partial charge >= 0.3 is 12.3 Å². The van der Waals surface area contributed by atoms with E-state index in [1.165, 1.54) is 0 Å². The first-order valence-corrected chi connectivity index (χ1v) is 8.78. The van der Waals surface area contributed by atoms with Crippen LogP contribution >= 0.6 is 0 Å². The third kappa shape index (κ3) is 4.22. The van der Waals surface area contributed by atoms with Gasteiger partial charge in [-0.15, -0.1) is 0 Å². The van der Waals surface area contributed by atoms with Gasteiger partial charge in [-0.2, -0.15) is 13.2 Å². The molecule has 0 unspecified atom stereocenters. The lowest BCUT2D eigenvalue weighted by atomic mass is 9.93. The molecule has 0 radical (unpaired) electrons. The molecular formula is C18H24F3N3O2. The topological polar surface area (TPSA) is 45.7 Å². The van der Waals surface area contributed by atoms with Gasteiger partial charge in [-0.3, -0.25) is 0 Å². The highest BCUT2D eigenvalue weighted by atomic mass is 19.4. The third-order valence-electron chi connectivity index (χ3n) is 4.75. The van der Waals surface area contributed by atoms with E-state index in [1.54, 1.807) is 22.1 Å². The zero-order chi connectivity index (χ0) is 19.1. The van der Waals surface area contributed by atoms with E-state index >= 15 is 0 Å². The van der Waals surface area contributed by atoms with Gasteiger partial charge in [0.05, 0.1) is 5.92 Å². The largest absolute Gasteiger partial charge is 0.444 e. The fourth-order valence-corrected chi connectivity index (χ4v) is 3.23. The smallest absolute Gasteiger partial charge is 0.410 e. The minimum atomic E-state index is -4.15. The Bertz CT molecular complexity index is 649. The molecular weight excluding hydrogens is 347 g/mol. The van der Waals surface area contributed by atoms with Crippen LogP contribution in [-0.2, 0) is 4.74 Å². The molecule has 2 fully saturated rings. The lowest BCUT2D eigenvalue weighted by molar-refractivity contribution is -0.168. The van der Waals surface area contributed by atoms with E-state index in [0.717, 1.165) is 5.56 Å². The third-order valence-corrected chi connectivity index (χ3v) is 4.75. The summed E-state index contributed by atoms with van der Waals surface area (Å²) in [5, 5.41) is 0. The van der Waals surface area contributed by atoms with E-state index < -0.39 is 17.7 Å². The number of hydrogen-bond acceptors (Lipinski definition) is 4. The van der Waals surface area contributed by atoms with E-state index in [1.807, 2.05) is 26.8 Å². The number of ether oxygens (including phenoxy) is 1. The molecule has 0 N–H and O–H groups in total. The van der Waals surface area contributed by atoms with Gasteiger partial charge in [-0.1, -0.05) is 6.07 Å². The molecule has 0 aromatic carbocycles. The molecule has 1 aromatic rings. The molecule has 3 heterocycles. The van der Waals surface area contributed by atoms with Crippen molar-refractivity contribution in [2.75, 3.05) is 31.1 Å². The molecule has 8 heteroatoms. The van der Waals surface area contributed by atoms with Gasteiger partial charge in [-0.05, 0) is 38.8 Å². The Kier molecular flexibility index (Phi) is 4.79. The maximum absolute atomic E-state index is 12.8. The van der Waals surface area contributed by atoms with Crippen molar-refractivity contribution in [2.45, 2.75) is 44.9 Å². The van der Waals surface area contributed by atoms with Crippen molar-refractivity contribution in [3.8, 4) is 0 Å². The van der Waals surface area contributed by atoms with Crippen LogP contribution in [0.3, 0.4) is 0 Å². The van der Waals surface area contributed by atoms with E-state index in [2.05, 4.69) is 4.98 Å². The second-order valence-corrected chi connectivity index (χ2v) is 8.01. The number of rotatable bonds is 2. The second-order valence-electron chi connectivity index (χ2n) is 8.01. The summed E-state index contributed by atoms with van der Waals surface area (Å²) in [4.78, 5) is 19.6. The predicted octanol–water partition coefficient (Wildman–Crippen LogP) is 3.80.